The van der Waals surface area contributed by atoms with Gasteiger partial charge in [0, 0.05) is 42.7 Å². The van der Waals surface area contributed by atoms with Gasteiger partial charge in [-0.2, -0.15) is 0 Å². The van der Waals surface area contributed by atoms with E-state index in [0.29, 0.717) is 25.4 Å². The number of amides is 1. The fourth-order valence-corrected chi connectivity index (χ4v) is 5.20. The molecule has 6 rings (SSSR count). The summed E-state index contributed by atoms with van der Waals surface area (Å²) in [5, 5.41) is 2.15. The summed E-state index contributed by atoms with van der Waals surface area (Å²) in [7, 11) is 2.04. The summed E-state index contributed by atoms with van der Waals surface area (Å²) in [6.07, 6.45) is 5.44. The predicted octanol–water partition coefficient (Wildman–Crippen LogP) is 7.99. The average molecular weight is 520 g/mol. The first-order valence-electron chi connectivity index (χ1n) is 14.0. The summed E-state index contributed by atoms with van der Waals surface area (Å²) in [5.74, 6) is 1.62. The van der Waals surface area contributed by atoms with Gasteiger partial charge in [0.05, 0.1) is 12.1 Å². The molecule has 1 aliphatic rings. The monoisotopic (exact) mass is 519 g/mol. The molecule has 3 aromatic carbocycles. The number of aromatic nitrogens is 2. The highest BCUT2D eigenvalue weighted by Crippen LogP contribution is 2.30. The number of nitrogens with zero attached hydrogens (tertiary/aromatic N) is 3. The van der Waals surface area contributed by atoms with E-state index in [-0.39, 0.29) is 5.91 Å². The fourth-order valence-electron chi connectivity index (χ4n) is 5.20. The number of hydrogen-bond donors (Lipinski definition) is 0. The Morgan fingerprint density at radius 3 is 2.44 bits per heavy atom. The highest BCUT2D eigenvalue weighted by molar-refractivity contribution is 6.05. The van der Waals surface area contributed by atoms with Gasteiger partial charge in [0.1, 0.15) is 17.0 Å². The van der Waals surface area contributed by atoms with Crippen LogP contribution in [0.3, 0.4) is 0 Å². The summed E-state index contributed by atoms with van der Waals surface area (Å²) in [6, 6.07) is 22.8. The number of fused-ring (bicyclic) bond motifs is 3. The van der Waals surface area contributed by atoms with Crippen molar-refractivity contribution in [3.05, 3.63) is 95.8 Å². The number of hydrogen-bond acceptors (Lipinski definition) is 3. The maximum Gasteiger partial charge on any atom is 0.227 e. The molecule has 0 spiro atoms. The summed E-state index contributed by atoms with van der Waals surface area (Å²) in [6.45, 7) is 9.73. The van der Waals surface area contributed by atoms with Gasteiger partial charge in [0.25, 0.3) is 0 Å². The lowest BCUT2D eigenvalue weighted by atomic mass is 10.0. The molecule has 0 N–H and O–H groups in total. The number of benzene rings is 3. The van der Waals surface area contributed by atoms with Crippen molar-refractivity contribution in [1.29, 1.82) is 0 Å². The highest BCUT2D eigenvalue weighted by Gasteiger charge is 2.21. The van der Waals surface area contributed by atoms with Crippen molar-refractivity contribution in [2.45, 2.75) is 46.5 Å². The molecule has 2 aromatic heterocycles. The van der Waals surface area contributed by atoms with Crippen LogP contribution >= 0.6 is 0 Å². The van der Waals surface area contributed by atoms with Crippen molar-refractivity contribution in [3.8, 4) is 11.4 Å². The first-order valence-corrected chi connectivity index (χ1v) is 14.0. The predicted molar refractivity (Wildman–Crippen MR) is 161 cm³/mol. The Hall–Kier alpha value is -4.12. The Morgan fingerprint density at radius 2 is 1.72 bits per heavy atom. The second kappa shape index (κ2) is 11.3. The molecule has 3 heterocycles. The van der Waals surface area contributed by atoms with Gasteiger partial charge in [-0.3, -0.25) is 4.79 Å². The van der Waals surface area contributed by atoms with Crippen molar-refractivity contribution in [2.75, 3.05) is 13.1 Å². The van der Waals surface area contributed by atoms with Crippen molar-refractivity contribution in [3.63, 3.8) is 0 Å². The van der Waals surface area contributed by atoms with E-state index in [0.717, 1.165) is 51.0 Å². The third kappa shape index (κ3) is 5.40. The van der Waals surface area contributed by atoms with E-state index >= 15 is 0 Å². The normalized spacial score (nSPS) is 13.5. The summed E-state index contributed by atoms with van der Waals surface area (Å²) >= 11 is 0. The SMILES string of the molecule is CC.CC(C)c1ccc(-c2nc(C3=CCN(C(=O)Cc4ccc5oc6ccccc6c5c4)CC3)cn2C)cc1. The minimum atomic E-state index is 0.148. The molecule has 0 saturated heterocycles. The topological polar surface area (TPSA) is 51.3 Å². The lowest BCUT2D eigenvalue weighted by Crippen LogP contribution is -2.35. The Bertz CT molecular complexity index is 1640. The number of carbonyl (C=O) groups is 1. The smallest absolute Gasteiger partial charge is 0.227 e. The maximum atomic E-state index is 13.1. The zero-order valence-electron chi connectivity index (χ0n) is 23.6. The third-order valence-electron chi connectivity index (χ3n) is 7.40. The third-order valence-corrected chi connectivity index (χ3v) is 7.40. The Labute approximate surface area is 230 Å². The van der Waals surface area contributed by atoms with Crippen molar-refractivity contribution < 1.29 is 9.21 Å². The van der Waals surface area contributed by atoms with Crippen molar-refractivity contribution >= 4 is 33.4 Å². The molecule has 5 nitrogen and oxygen atoms in total. The highest BCUT2D eigenvalue weighted by atomic mass is 16.3. The molecule has 0 bridgehead atoms. The Morgan fingerprint density at radius 1 is 0.974 bits per heavy atom. The minimum absolute atomic E-state index is 0.148. The minimum Gasteiger partial charge on any atom is -0.456 e. The Kier molecular flexibility index (Phi) is 7.69. The van der Waals surface area contributed by atoms with Gasteiger partial charge in [0.2, 0.25) is 5.91 Å². The number of furan rings is 1. The van der Waals surface area contributed by atoms with E-state index in [1.165, 1.54) is 11.1 Å². The van der Waals surface area contributed by atoms with Crippen LogP contribution < -0.4 is 0 Å². The van der Waals surface area contributed by atoms with Gasteiger partial charge in [-0.25, -0.2) is 4.98 Å². The molecule has 200 valence electrons. The molecule has 0 saturated carbocycles. The van der Waals surface area contributed by atoms with Crippen LogP contribution in [0.25, 0.3) is 38.9 Å². The number of aryl methyl sites for hydroxylation is 1. The largest absolute Gasteiger partial charge is 0.456 e. The summed E-state index contributed by atoms with van der Waals surface area (Å²) in [5.41, 5.74) is 7.39. The average Bonchev–Trinajstić information content (AvgIpc) is 3.54. The van der Waals surface area contributed by atoms with E-state index in [2.05, 4.69) is 67.1 Å². The number of imidazole rings is 1. The lowest BCUT2D eigenvalue weighted by molar-refractivity contribution is -0.130. The van der Waals surface area contributed by atoms with Crippen LogP contribution in [0.15, 0.2) is 83.4 Å². The van der Waals surface area contributed by atoms with Crippen LogP contribution in [0.4, 0.5) is 0 Å². The van der Waals surface area contributed by atoms with E-state index in [9.17, 15) is 4.79 Å². The van der Waals surface area contributed by atoms with Gasteiger partial charge < -0.3 is 13.9 Å². The van der Waals surface area contributed by atoms with Crippen LogP contribution in [0.2, 0.25) is 0 Å². The van der Waals surface area contributed by atoms with E-state index < -0.39 is 0 Å². The number of para-hydroxylation sites is 1. The second-order valence-electron chi connectivity index (χ2n) is 10.3. The first-order chi connectivity index (χ1) is 19.0. The van der Waals surface area contributed by atoms with E-state index in [1.54, 1.807) is 0 Å². The molecule has 5 aromatic rings. The van der Waals surface area contributed by atoms with Crippen LogP contribution in [-0.4, -0.2) is 33.4 Å². The van der Waals surface area contributed by atoms with Gasteiger partial charge in [-0.1, -0.05) is 82.3 Å². The molecule has 0 aliphatic carbocycles. The number of carbonyl (C=O) groups excluding carboxylic acids is 1. The standard InChI is InChI=1S/C32H31N3O2.C2H6/c1-21(2)23-9-11-25(12-10-23)32-33-28(20-34(32)3)24-14-16-35(17-15-24)31(36)19-22-8-13-30-27(18-22)26-6-4-5-7-29(26)37-30;1-2/h4-14,18,20-21H,15-17,19H2,1-3H3;1-2H3. The van der Waals surface area contributed by atoms with E-state index in [1.807, 2.05) is 56.1 Å². The first kappa shape index (κ1) is 26.5. The van der Waals surface area contributed by atoms with Crippen LogP contribution in [-0.2, 0) is 18.3 Å². The molecule has 1 aliphatic heterocycles. The second-order valence-corrected chi connectivity index (χ2v) is 10.3. The molecule has 39 heavy (non-hydrogen) atoms. The zero-order chi connectivity index (χ0) is 27.5. The molecule has 5 heteroatoms. The summed E-state index contributed by atoms with van der Waals surface area (Å²) in [4.78, 5) is 20.0. The van der Waals surface area contributed by atoms with Crippen LogP contribution in [0.1, 0.15) is 56.9 Å². The van der Waals surface area contributed by atoms with Gasteiger partial charge in [-0.15, -0.1) is 0 Å². The molecular formula is C34H37N3O2. The molecule has 1 amide bonds. The zero-order valence-corrected chi connectivity index (χ0v) is 23.6. The van der Waals surface area contributed by atoms with Crippen LogP contribution in [0, 0.1) is 0 Å². The van der Waals surface area contributed by atoms with Crippen molar-refractivity contribution in [1.82, 2.24) is 14.5 Å². The fraction of sp³-hybridized carbons (Fsp3) is 0.294. The molecule has 0 unspecified atom stereocenters. The summed E-state index contributed by atoms with van der Waals surface area (Å²) < 4.78 is 8.02. The molecule has 0 atom stereocenters. The molecular weight excluding hydrogens is 482 g/mol. The van der Waals surface area contributed by atoms with Crippen LogP contribution in [0.5, 0.6) is 0 Å². The lowest BCUT2D eigenvalue weighted by Gasteiger charge is -2.26. The molecule has 0 radical (unpaired) electrons. The Balaban J connectivity index is 0.00000151. The molecule has 0 fully saturated rings. The van der Waals surface area contributed by atoms with Gasteiger partial charge in [-0.05, 0) is 47.2 Å². The van der Waals surface area contributed by atoms with Gasteiger partial charge >= 0.3 is 0 Å². The maximum absolute atomic E-state index is 13.1. The quantitative estimate of drug-likeness (QED) is 0.236. The number of rotatable bonds is 5. The van der Waals surface area contributed by atoms with E-state index in [4.69, 9.17) is 9.40 Å². The van der Waals surface area contributed by atoms with Gasteiger partial charge in [0.15, 0.2) is 0 Å². The van der Waals surface area contributed by atoms with Crippen molar-refractivity contribution in [2.24, 2.45) is 7.05 Å².